The first-order valence-corrected chi connectivity index (χ1v) is 13.2. The fraction of sp³-hybridized carbons (Fsp3) is 0.778. The molecule has 3 fully saturated rings. The van der Waals surface area contributed by atoms with Crippen LogP contribution in [0.3, 0.4) is 0 Å². The fourth-order valence-electron chi connectivity index (χ4n) is 7.93. The number of alkyl halides is 3. The van der Waals surface area contributed by atoms with Crippen LogP contribution in [0.2, 0.25) is 0 Å². The number of fused-ring (bicyclic) bond motifs is 5. The smallest absolute Gasteiger partial charge is 0.306 e. The summed E-state index contributed by atoms with van der Waals surface area (Å²) in [4.78, 5) is 25.7. The maximum Gasteiger partial charge on any atom is 0.306 e. The summed E-state index contributed by atoms with van der Waals surface area (Å²) in [6, 6.07) is 0. The molecule has 0 amide bonds. The van der Waals surface area contributed by atoms with Crippen molar-refractivity contribution in [3.05, 3.63) is 23.8 Å². The van der Waals surface area contributed by atoms with Crippen molar-refractivity contribution in [2.75, 3.05) is 5.88 Å². The summed E-state index contributed by atoms with van der Waals surface area (Å²) < 4.78 is 38.5. The van der Waals surface area contributed by atoms with Gasteiger partial charge in [-0.15, -0.1) is 11.6 Å². The number of carbonyl (C=O) groups is 2. The van der Waals surface area contributed by atoms with Gasteiger partial charge in [-0.1, -0.05) is 59.8 Å². The maximum atomic E-state index is 17.2. The van der Waals surface area contributed by atoms with Crippen LogP contribution < -0.4 is 0 Å². The molecular weight excluding hydrogens is 462 g/mol. The molecule has 7 heteroatoms. The molecular formula is C27H39ClF2O4. The van der Waals surface area contributed by atoms with E-state index in [2.05, 4.69) is 0 Å². The first-order chi connectivity index (χ1) is 15.9. The van der Waals surface area contributed by atoms with E-state index >= 15 is 8.78 Å². The summed E-state index contributed by atoms with van der Waals surface area (Å²) in [5.41, 5.74) is -5.44. The van der Waals surface area contributed by atoms with Crippen LogP contribution in [0.1, 0.15) is 73.6 Å². The standard InChI is InChI=1S/C25H33ClF2O4.C2H6/c1-5-21(31)32-25(20(30)13-26)14(2)10-16-17-11-18(27)15-8-6-7-9-22(15,3)24(17,28)19(29)12-23(16,25)4;1-2/h6-8,14,16-19,29H,5,9-13H2,1-4H3;1-2H3/t14-,16-,17-,18-,19-,22-,23-,24-,25-;/m0./s1. The minimum Gasteiger partial charge on any atom is -0.450 e. The van der Waals surface area contributed by atoms with E-state index in [1.54, 1.807) is 32.9 Å². The van der Waals surface area contributed by atoms with E-state index in [1.165, 1.54) is 0 Å². The quantitative estimate of drug-likeness (QED) is 0.385. The number of allylic oxidation sites excluding steroid dienone is 4. The first-order valence-electron chi connectivity index (χ1n) is 12.6. The molecule has 4 rings (SSSR count). The molecule has 0 spiro atoms. The van der Waals surface area contributed by atoms with Crippen LogP contribution in [-0.2, 0) is 14.3 Å². The largest absolute Gasteiger partial charge is 0.450 e. The van der Waals surface area contributed by atoms with Crippen molar-refractivity contribution in [1.82, 2.24) is 0 Å². The van der Waals surface area contributed by atoms with Crippen LogP contribution in [-0.4, -0.2) is 46.3 Å². The Labute approximate surface area is 207 Å². The van der Waals surface area contributed by atoms with Crippen LogP contribution in [0, 0.1) is 28.6 Å². The molecule has 192 valence electrons. The predicted octanol–water partition coefficient (Wildman–Crippen LogP) is 5.90. The second-order valence-electron chi connectivity index (χ2n) is 10.7. The summed E-state index contributed by atoms with van der Waals surface area (Å²) >= 11 is 5.99. The molecule has 0 aromatic carbocycles. The third-order valence-electron chi connectivity index (χ3n) is 9.41. The zero-order valence-corrected chi connectivity index (χ0v) is 21.9. The topological polar surface area (TPSA) is 63.6 Å². The number of halogens is 3. The Morgan fingerprint density at radius 1 is 1.24 bits per heavy atom. The number of hydrogen-bond acceptors (Lipinski definition) is 4. The molecule has 0 heterocycles. The zero-order valence-electron chi connectivity index (χ0n) is 21.2. The van der Waals surface area contributed by atoms with Crippen molar-refractivity contribution in [2.45, 2.75) is 97.2 Å². The number of hydrogen-bond donors (Lipinski definition) is 1. The van der Waals surface area contributed by atoms with Gasteiger partial charge in [0.05, 0.1) is 12.0 Å². The minimum absolute atomic E-state index is 0.0574. The van der Waals surface area contributed by atoms with Crippen LogP contribution in [0.15, 0.2) is 23.8 Å². The van der Waals surface area contributed by atoms with E-state index in [0.29, 0.717) is 18.4 Å². The molecule has 0 radical (unpaired) electrons. The van der Waals surface area contributed by atoms with Crippen LogP contribution in [0.4, 0.5) is 8.78 Å². The molecule has 34 heavy (non-hydrogen) atoms. The van der Waals surface area contributed by atoms with Gasteiger partial charge in [-0.05, 0) is 37.2 Å². The summed E-state index contributed by atoms with van der Waals surface area (Å²) in [5, 5.41) is 11.4. The summed E-state index contributed by atoms with van der Waals surface area (Å²) in [5.74, 6) is -3.00. The van der Waals surface area contributed by atoms with Gasteiger partial charge in [-0.25, -0.2) is 8.78 Å². The van der Waals surface area contributed by atoms with Gasteiger partial charge in [0, 0.05) is 29.1 Å². The Kier molecular flexibility index (Phi) is 7.48. The molecule has 9 atom stereocenters. The van der Waals surface area contributed by atoms with E-state index < -0.39 is 63.9 Å². The summed E-state index contributed by atoms with van der Waals surface area (Å²) in [6.45, 7) is 11.0. The van der Waals surface area contributed by atoms with Gasteiger partial charge in [-0.2, -0.15) is 0 Å². The van der Waals surface area contributed by atoms with Gasteiger partial charge < -0.3 is 9.84 Å². The molecule has 3 saturated carbocycles. The predicted molar refractivity (Wildman–Crippen MR) is 129 cm³/mol. The maximum absolute atomic E-state index is 17.2. The lowest BCUT2D eigenvalue weighted by atomic mass is 9.44. The Balaban J connectivity index is 0.00000158. The molecule has 0 unspecified atom stereocenters. The number of esters is 1. The molecule has 1 N–H and O–H groups in total. The van der Waals surface area contributed by atoms with Crippen molar-refractivity contribution in [3.63, 3.8) is 0 Å². The average molecular weight is 501 g/mol. The number of Topliss-reactive ketones (excluding diaryl/α,β-unsaturated/α-hetero) is 1. The van der Waals surface area contributed by atoms with Crippen molar-refractivity contribution in [1.29, 1.82) is 0 Å². The van der Waals surface area contributed by atoms with Crippen molar-refractivity contribution in [3.8, 4) is 0 Å². The second kappa shape index (κ2) is 9.31. The summed E-state index contributed by atoms with van der Waals surface area (Å²) in [6.07, 6.45) is 3.11. The Bertz CT molecular complexity index is 890. The normalized spacial score (nSPS) is 46.8. The molecule has 0 aromatic rings. The molecule has 0 aromatic heterocycles. The SMILES string of the molecule is CC.CCC(=O)O[C@]1(C(=O)CCl)[C@@H](C)C[C@H]2[C@@H]3C[C@H](F)C4=CC=CC[C@]4(C)[C@@]3(F)[C@@H](O)C[C@@]21C. The molecule has 4 aliphatic carbocycles. The van der Waals surface area contributed by atoms with E-state index in [-0.39, 0.29) is 25.1 Å². The lowest BCUT2D eigenvalue weighted by Crippen LogP contribution is -2.71. The molecule has 0 saturated heterocycles. The number of ether oxygens (including phenoxy) is 1. The minimum atomic E-state index is -2.05. The van der Waals surface area contributed by atoms with Gasteiger partial charge in [0.25, 0.3) is 0 Å². The third-order valence-corrected chi connectivity index (χ3v) is 9.66. The van der Waals surface area contributed by atoms with E-state index in [4.69, 9.17) is 16.3 Å². The number of aliphatic hydroxyl groups excluding tert-OH is 1. The van der Waals surface area contributed by atoms with Crippen molar-refractivity contribution in [2.24, 2.45) is 28.6 Å². The Morgan fingerprint density at radius 2 is 1.88 bits per heavy atom. The highest BCUT2D eigenvalue weighted by atomic mass is 35.5. The molecule has 0 aliphatic heterocycles. The van der Waals surface area contributed by atoms with E-state index in [1.807, 2.05) is 26.8 Å². The van der Waals surface area contributed by atoms with Gasteiger partial charge in [0.1, 0.15) is 11.8 Å². The monoisotopic (exact) mass is 500 g/mol. The number of aliphatic hydroxyl groups is 1. The van der Waals surface area contributed by atoms with Gasteiger partial charge in [0.2, 0.25) is 0 Å². The summed E-state index contributed by atoms with van der Waals surface area (Å²) in [7, 11) is 0. The second-order valence-corrected chi connectivity index (χ2v) is 10.9. The third kappa shape index (κ3) is 3.30. The van der Waals surface area contributed by atoms with Crippen molar-refractivity contribution >= 4 is 23.4 Å². The first kappa shape index (κ1) is 27.3. The molecule has 0 bridgehead atoms. The Hall–Kier alpha value is -1.27. The number of carbonyl (C=O) groups excluding carboxylic acids is 2. The van der Waals surface area contributed by atoms with E-state index in [0.717, 1.165) is 0 Å². The highest BCUT2D eigenvalue weighted by Crippen LogP contribution is 2.72. The lowest BCUT2D eigenvalue weighted by Gasteiger charge is -2.63. The highest BCUT2D eigenvalue weighted by Gasteiger charge is 2.77. The lowest BCUT2D eigenvalue weighted by molar-refractivity contribution is -0.236. The Morgan fingerprint density at radius 3 is 2.47 bits per heavy atom. The van der Waals surface area contributed by atoms with Gasteiger partial charge in [-0.3, -0.25) is 9.59 Å². The number of ketones is 1. The molecule has 4 nitrogen and oxygen atoms in total. The highest BCUT2D eigenvalue weighted by molar-refractivity contribution is 6.29. The van der Waals surface area contributed by atoms with Crippen LogP contribution in [0.25, 0.3) is 0 Å². The van der Waals surface area contributed by atoms with Gasteiger partial charge in [0.15, 0.2) is 11.4 Å². The zero-order chi connectivity index (χ0) is 25.7. The average Bonchev–Trinajstić information content (AvgIpc) is 3.03. The number of rotatable bonds is 4. The van der Waals surface area contributed by atoms with Crippen LogP contribution >= 0.6 is 11.6 Å². The van der Waals surface area contributed by atoms with Crippen LogP contribution in [0.5, 0.6) is 0 Å². The van der Waals surface area contributed by atoms with Gasteiger partial charge >= 0.3 is 5.97 Å². The fourth-order valence-corrected chi connectivity index (χ4v) is 8.13. The van der Waals surface area contributed by atoms with Crippen molar-refractivity contribution < 1.29 is 28.2 Å². The molecule has 4 aliphatic rings. The van der Waals surface area contributed by atoms with E-state index in [9.17, 15) is 14.7 Å².